The van der Waals surface area contributed by atoms with E-state index in [4.69, 9.17) is 9.97 Å². The van der Waals surface area contributed by atoms with Gasteiger partial charge in [-0.25, -0.2) is 9.97 Å². The minimum atomic E-state index is 0.857. The number of aromatic amines is 1. The second-order valence-corrected chi connectivity index (χ2v) is 13.0. The molecule has 0 atom stereocenters. The second-order valence-electron chi connectivity index (χ2n) is 13.0. The van der Waals surface area contributed by atoms with E-state index in [2.05, 4.69) is 144 Å². The molecule has 0 saturated heterocycles. The van der Waals surface area contributed by atoms with Gasteiger partial charge in [-0.05, 0) is 117 Å². The third kappa shape index (κ3) is 4.89. The average Bonchev–Trinajstić information content (AvgIpc) is 3.85. The summed E-state index contributed by atoms with van der Waals surface area (Å²) in [6.07, 6.45) is 2.80. The number of fused-ring (bicyclic) bond motifs is 8. The molecule has 2 aromatic carbocycles. The monoisotopic (exact) mass is 630 g/mol. The van der Waals surface area contributed by atoms with E-state index in [1.807, 2.05) is 0 Å². The zero-order chi connectivity index (χ0) is 33.7. The maximum atomic E-state index is 5.63. The first-order valence-corrected chi connectivity index (χ1v) is 17.6. The molecule has 48 heavy (non-hydrogen) atoms. The second kappa shape index (κ2) is 12.6. The molecule has 3 aromatic heterocycles. The summed E-state index contributed by atoms with van der Waals surface area (Å²) in [7, 11) is 0. The Morgan fingerprint density at radius 1 is 0.583 bits per heavy atom. The quantitative estimate of drug-likeness (QED) is 0.203. The molecule has 0 aliphatic carbocycles. The number of allylic oxidation sites excluding steroid dienone is 4. The molecule has 4 nitrogen and oxygen atoms in total. The largest absolute Gasteiger partial charge is 0.355 e. The molecule has 0 fully saturated rings. The number of nitrogens with zero attached hydrogens (tertiary/aromatic N) is 3. The van der Waals surface area contributed by atoms with E-state index >= 15 is 0 Å². The average molecular weight is 631 g/mol. The van der Waals surface area contributed by atoms with Gasteiger partial charge in [-0.1, -0.05) is 81.4 Å². The molecule has 5 heterocycles. The van der Waals surface area contributed by atoms with Crippen LogP contribution in [-0.2, 0) is 19.4 Å². The van der Waals surface area contributed by atoms with Crippen molar-refractivity contribution in [3.05, 3.63) is 118 Å². The molecule has 2 aliphatic heterocycles. The van der Waals surface area contributed by atoms with Crippen molar-refractivity contribution in [3.8, 4) is 22.3 Å². The van der Waals surface area contributed by atoms with Crippen molar-refractivity contribution >= 4 is 44.4 Å². The number of aromatic nitrogens is 4. The van der Waals surface area contributed by atoms with Crippen LogP contribution in [-0.4, -0.2) is 19.5 Å². The van der Waals surface area contributed by atoms with Crippen LogP contribution < -0.4 is 0 Å². The van der Waals surface area contributed by atoms with Crippen molar-refractivity contribution in [1.82, 2.24) is 19.5 Å². The van der Waals surface area contributed by atoms with Crippen LogP contribution >= 0.6 is 0 Å². The summed E-state index contributed by atoms with van der Waals surface area (Å²) in [5.41, 5.74) is 22.6. The summed E-state index contributed by atoms with van der Waals surface area (Å²) in [6, 6.07) is 28.4. The molecule has 7 rings (SSSR count). The highest BCUT2D eigenvalue weighted by Crippen LogP contribution is 2.44. The van der Waals surface area contributed by atoms with E-state index in [-0.39, 0.29) is 0 Å². The smallest absolute Gasteiger partial charge is 0.0771 e. The van der Waals surface area contributed by atoms with Crippen molar-refractivity contribution in [3.63, 3.8) is 0 Å². The van der Waals surface area contributed by atoms with Gasteiger partial charge in [0.1, 0.15) is 0 Å². The van der Waals surface area contributed by atoms with Crippen LogP contribution in [0.25, 0.3) is 66.6 Å². The zero-order valence-corrected chi connectivity index (χ0v) is 29.7. The number of benzene rings is 2. The highest BCUT2D eigenvalue weighted by molar-refractivity contribution is 6.03. The van der Waals surface area contributed by atoms with Crippen LogP contribution in [0.2, 0.25) is 0 Å². The summed E-state index contributed by atoms with van der Waals surface area (Å²) in [4.78, 5) is 14.9. The standard InChI is InChI=1S/C44H46N4/c1-9-33-28(7)41-29(8)40-26(5)27(6)42(46-40)38(30-19-15-13-16-20-30)36-24-23-32(45-36)25-37-34(10-2)35(11-3)44(48(37)12-4)39(43(33)47-41)31-21-17-14-18-22-31/h13-25,45H,9-12H2,1-8H3. The Morgan fingerprint density at radius 2 is 1.17 bits per heavy atom. The van der Waals surface area contributed by atoms with Crippen LogP contribution in [0.5, 0.6) is 0 Å². The number of aryl methyl sites for hydroxylation is 3. The first-order valence-electron chi connectivity index (χ1n) is 17.6. The SMILES string of the molecule is CCC1=C(C)c2nc1c(-c1ccccc1)c1c(CC)c(CC)c(cc3ccc([nH]3)c(-c3ccccc3)c3nc(c2C)C(C)=C3C)n1CC. The molecule has 8 bridgehead atoms. The van der Waals surface area contributed by atoms with Gasteiger partial charge in [-0.2, -0.15) is 0 Å². The molecular weight excluding hydrogens is 585 g/mol. The molecule has 0 saturated carbocycles. The molecule has 5 aromatic rings. The minimum Gasteiger partial charge on any atom is -0.355 e. The Labute approximate surface area is 285 Å². The topological polar surface area (TPSA) is 46.5 Å². The van der Waals surface area contributed by atoms with Gasteiger partial charge in [-0.3, -0.25) is 0 Å². The molecule has 0 radical (unpaired) electrons. The van der Waals surface area contributed by atoms with Gasteiger partial charge in [0.15, 0.2) is 0 Å². The van der Waals surface area contributed by atoms with Crippen LogP contribution in [0, 0.1) is 6.92 Å². The van der Waals surface area contributed by atoms with Crippen LogP contribution in [0.1, 0.15) is 94.4 Å². The highest BCUT2D eigenvalue weighted by Gasteiger charge is 2.27. The Kier molecular flexibility index (Phi) is 8.29. The van der Waals surface area contributed by atoms with Crippen molar-refractivity contribution in [1.29, 1.82) is 0 Å². The fourth-order valence-electron chi connectivity index (χ4n) is 8.05. The summed E-state index contributed by atoms with van der Waals surface area (Å²) in [5, 5.41) is 0. The van der Waals surface area contributed by atoms with Crippen LogP contribution in [0.4, 0.5) is 0 Å². The first kappa shape index (κ1) is 31.6. The lowest BCUT2D eigenvalue weighted by Gasteiger charge is -2.13. The summed E-state index contributed by atoms with van der Waals surface area (Å²) in [6.45, 7) is 18.9. The molecule has 0 spiro atoms. The molecule has 242 valence electrons. The van der Waals surface area contributed by atoms with E-state index in [1.54, 1.807) is 0 Å². The molecule has 1 N–H and O–H groups in total. The zero-order valence-electron chi connectivity index (χ0n) is 29.7. The van der Waals surface area contributed by atoms with E-state index in [0.717, 1.165) is 76.3 Å². The van der Waals surface area contributed by atoms with Gasteiger partial charge in [0.2, 0.25) is 0 Å². The number of rotatable bonds is 6. The Balaban J connectivity index is 1.80. The number of nitrogens with one attached hydrogen (secondary N) is 1. The van der Waals surface area contributed by atoms with E-state index < -0.39 is 0 Å². The number of hydrogen-bond donors (Lipinski definition) is 1. The van der Waals surface area contributed by atoms with E-state index in [0.29, 0.717) is 0 Å². The normalized spacial score (nSPS) is 13.2. The van der Waals surface area contributed by atoms with Gasteiger partial charge in [0.05, 0.1) is 28.3 Å². The lowest BCUT2D eigenvalue weighted by molar-refractivity contribution is 0.822. The predicted octanol–water partition coefficient (Wildman–Crippen LogP) is 11.9. The van der Waals surface area contributed by atoms with Crippen molar-refractivity contribution in [2.45, 2.75) is 81.2 Å². The number of H-pyrrole nitrogens is 1. The molecule has 2 aliphatic rings. The fraction of sp³-hybridized carbons (Fsp3) is 0.273. The third-order valence-electron chi connectivity index (χ3n) is 10.5. The van der Waals surface area contributed by atoms with Crippen molar-refractivity contribution in [2.24, 2.45) is 0 Å². The molecule has 0 amide bonds. The Bertz CT molecular complexity index is 2290. The minimum absolute atomic E-state index is 0.857. The Morgan fingerprint density at radius 3 is 1.77 bits per heavy atom. The lowest BCUT2D eigenvalue weighted by Crippen LogP contribution is -1.99. The van der Waals surface area contributed by atoms with Crippen molar-refractivity contribution < 1.29 is 0 Å². The molecular formula is C44H46N4. The van der Waals surface area contributed by atoms with Crippen molar-refractivity contribution in [2.75, 3.05) is 0 Å². The van der Waals surface area contributed by atoms with Gasteiger partial charge in [0.25, 0.3) is 0 Å². The van der Waals surface area contributed by atoms with Gasteiger partial charge in [0, 0.05) is 39.8 Å². The summed E-state index contributed by atoms with van der Waals surface area (Å²) >= 11 is 0. The highest BCUT2D eigenvalue weighted by atomic mass is 15.0. The Hall–Kier alpha value is -4.96. The van der Waals surface area contributed by atoms with Gasteiger partial charge < -0.3 is 9.55 Å². The maximum absolute atomic E-state index is 5.63. The van der Waals surface area contributed by atoms with Crippen LogP contribution in [0.15, 0.2) is 78.9 Å². The maximum Gasteiger partial charge on any atom is 0.0771 e. The predicted molar refractivity (Wildman–Crippen MR) is 206 cm³/mol. The van der Waals surface area contributed by atoms with E-state index in [1.165, 1.54) is 55.6 Å². The third-order valence-corrected chi connectivity index (χ3v) is 10.5. The van der Waals surface area contributed by atoms with Gasteiger partial charge in [-0.15, -0.1) is 0 Å². The lowest BCUT2D eigenvalue weighted by atomic mass is 9.93. The summed E-state index contributed by atoms with van der Waals surface area (Å²) in [5.74, 6) is 0. The first-order chi connectivity index (χ1) is 23.3. The molecule has 0 unspecified atom stereocenters. The van der Waals surface area contributed by atoms with Crippen LogP contribution in [0.3, 0.4) is 0 Å². The number of hydrogen-bond acceptors (Lipinski definition) is 2. The van der Waals surface area contributed by atoms with E-state index in [9.17, 15) is 0 Å². The fourth-order valence-corrected chi connectivity index (χ4v) is 8.05. The summed E-state index contributed by atoms with van der Waals surface area (Å²) < 4.78 is 2.55. The van der Waals surface area contributed by atoms with Gasteiger partial charge >= 0.3 is 0 Å². The molecule has 4 heteroatoms.